The highest BCUT2D eigenvalue weighted by Crippen LogP contribution is 2.29. The largest absolute Gasteiger partial charge is 0.487 e. The van der Waals surface area contributed by atoms with Crippen LogP contribution in [0.15, 0.2) is 34.8 Å². The zero-order chi connectivity index (χ0) is 14.7. The van der Waals surface area contributed by atoms with Crippen molar-refractivity contribution in [2.75, 3.05) is 5.73 Å². The van der Waals surface area contributed by atoms with Crippen molar-refractivity contribution < 1.29 is 13.5 Å². The number of nitriles is 1. The fourth-order valence-electron chi connectivity index (χ4n) is 1.60. The van der Waals surface area contributed by atoms with Gasteiger partial charge < -0.3 is 10.5 Å². The SMILES string of the molecule is N#Cc1cccc(COc2cc(F)c(Br)cc2N)c1F. The van der Waals surface area contributed by atoms with E-state index in [-0.39, 0.29) is 33.6 Å². The monoisotopic (exact) mass is 338 g/mol. The van der Waals surface area contributed by atoms with Gasteiger partial charge in [-0.25, -0.2) is 8.78 Å². The van der Waals surface area contributed by atoms with Crippen molar-refractivity contribution in [3.8, 4) is 11.8 Å². The molecule has 2 aromatic rings. The molecular weight excluding hydrogens is 330 g/mol. The van der Waals surface area contributed by atoms with Crippen molar-refractivity contribution in [2.45, 2.75) is 6.61 Å². The van der Waals surface area contributed by atoms with Crippen LogP contribution >= 0.6 is 15.9 Å². The Balaban J connectivity index is 2.22. The Morgan fingerprint density at radius 3 is 2.75 bits per heavy atom. The maximum absolute atomic E-state index is 13.8. The average Bonchev–Trinajstić information content (AvgIpc) is 2.43. The molecule has 6 heteroatoms. The van der Waals surface area contributed by atoms with Crippen molar-refractivity contribution >= 4 is 21.6 Å². The molecule has 2 aromatic carbocycles. The number of nitrogens with zero attached hydrogens (tertiary/aromatic N) is 1. The van der Waals surface area contributed by atoms with Crippen molar-refractivity contribution in [3.63, 3.8) is 0 Å². The molecule has 0 amide bonds. The quantitative estimate of drug-likeness (QED) is 0.867. The number of hydrogen-bond acceptors (Lipinski definition) is 3. The molecule has 2 rings (SSSR count). The predicted molar refractivity (Wildman–Crippen MR) is 74.0 cm³/mol. The number of rotatable bonds is 3. The summed E-state index contributed by atoms with van der Waals surface area (Å²) in [7, 11) is 0. The van der Waals surface area contributed by atoms with Gasteiger partial charge in [0.05, 0.1) is 15.7 Å². The molecule has 0 heterocycles. The summed E-state index contributed by atoms with van der Waals surface area (Å²) < 4.78 is 32.7. The first-order chi connectivity index (χ1) is 9.52. The van der Waals surface area contributed by atoms with Crippen LogP contribution in [0.25, 0.3) is 0 Å². The van der Waals surface area contributed by atoms with E-state index in [2.05, 4.69) is 15.9 Å². The van der Waals surface area contributed by atoms with E-state index in [1.54, 1.807) is 12.1 Å². The summed E-state index contributed by atoms with van der Waals surface area (Å²) in [4.78, 5) is 0. The van der Waals surface area contributed by atoms with E-state index >= 15 is 0 Å². The van der Waals surface area contributed by atoms with Crippen LogP contribution in [-0.2, 0) is 6.61 Å². The average molecular weight is 339 g/mol. The maximum Gasteiger partial charge on any atom is 0.147 e. The van der Waals surface area contributed by atoms with E-state index in [1.807, 2.05) is 0 Å². The lowest BCUT2D eigenvalue weighted by Crippen LogP contribution is -2.02. The lowest BCUT2D eigenvalue weighted by molar-refractivity contribution is 0.300. The number of benzene rings is 2. The minimum Gasteiger partial charge on any atom is -0.487 e. The minimum atomic E-state index is -0.647. The predicted octanol–water partition coefficient (Wildman–Crippen LogP) is 3.76. The zero-order valence-corrected chi connectivity index (χ0v) is 11.7. The van der Waals surface area contributed by atoms with Gasteiger partial charge in [0.25, 0.3) is 0 Å². The fourth-order valence-corrected chi connectivity index (χ4v) is 1.96. The van der Waals surface area contributed by atoms with Gasteiger partial charge in [0.15, 0.2) is 0 Å². The molecule has 0 atom stereocenters. The fraction of sp³-hybridized carbons (Fsp3) is 0.0714. The first-order valence-corrected chi connectivity index (χ1v) is 6.37. The van der Waals surface area contributed by atoms with E-state index in [9.17, 15) is 8.78 Å². The summed E-state index contributed by atoms with van der Waals surface area (Å²) in [5, 5.41) is 8.73. The Hall–Kier alpha value is -2.13. The molecule has 0 unspecified atom stereocenters. The third-order valence-corrected chi connectivity index (χ3v) is 3.24. The minimum absolute atomic E-state index is 0.0685. The van der Waals surface area contributed by atoms with Crippen LogP contribution in [0.2, 0.25) is 0 Å². The van der Waals surface area contributed by atoms with Crippen LogP contribution in [0.3, 0.4) is 0 Å². The molecule has 0 saturated carbocycles. The first-order valence-electron chi connectivity index (χ1n) is 5.57. The molecule has 0 spiro atoms. The van der Waals surface area contributed by atoms with Gasteiger partial charge in [-0.3, -0.25) is 0 Å². The second-order valence-electron chi connectivity index (χ2n) is 3.98. The van der Waals surface area contributed by atoms with Crippen molar-refractivity contribution in [1.82, 2.24) is 0 Å². The van der Waals surface area contributed by atoms with E-state index in [0.717, 1.165) is 6.07 Å². The van der Waals surface area contributed by atoms with E-state index in [0.29, 0.717) is 0 Å². The second kappa shape index (κ2) is 5.88. The topological polar surface area (TPSA) is 59.0 Å². The summed E-state index contributed by atoms with van der Waals surface area (Å²) in [6.07, 6.45) is 0. The van der Waals surface area contributed by atoms with Crippen molar-refractivity contribution in [2.24, 2.45) is 0 Å². The lowest BCUT2D eigenvalue weighted by atomic mass is 10.1. The number of halogens is 3. The molecule has 2 N–H and O–H groups in total. The standard InChI is InChI=1S/C14H9BrF2N2O/c15-10-4-12(19)13(5-11(10)16)20-7-9-3-1-2-8(6-18)14(9)17/h1-5H,7,19H2. The number of anilines is 1. The van der Waals surface area contributed by atoms with Gasteiger partial charge in [0.1, 0.15) is 30.1 Å². The third kappa shape index (κ3) is 2.89. The summed E-state index contributed by atoms with van der Waals surface area (Å²) in [6.45, 7) is -0.146. The van der Waals surface area contributed by atoms with Crippen LogP contribution in [-0.4, -0.2) is 0 Å². The number of ether oxygens (including phenoxy) is 1. The van der Waals surface area contributed by atoms with Crippen LogP contribution in [0.4, 0.5) is 14.5 Å². The smallest absolute Gasteiger partial charge is 0.147 e. The van der Waals surface area contributed by atoms with Gasteiger partial charge in [-0.2, -0.15) is 5.26 Å². The molecule has 102 valence electrons. The highest BCUT2D eigenvalue weighted by atomic mass is 79.9. The Bertz CT molecular complexity index is 698. The molecular formula is C14H9BrF2N2O. The molecule has 3 nitrogen and oxygen atoms in total. The van der Waals surface area contributed by atoms with Crippen LogP contribution in [0.1, 0.15) is 11.1 Å². The summed E-state index contributed by atoms with van der Waals surface area (Å²) in [6, 6.07) is 8.63. The van der Waals surface area contributed by atoms with Gasteiger partial charge in [0.2, 0.25) is 0 Å². The second-order valence-corrected chi connectivity index (χ2v) is 4.84. The lowest BCUT2D eigenvalue weighted by Gasteiger charge is -2.10. The maximum atomic E-state index is 13.8. The molecule has 0 radical (unpaired) electrons. The van der Waals surface area contributed by atoms with Gasteiger partial charge in [-0.1, -0.05) is 12.1 Å². The Morgan fingerprint density at radius 1 is 1.30 bits per heavy atom. The molecule has 0 saturated heterocycles. The van der Waals surface area contributed by atoms with Crippen molar-refractivity contribution in [1.29, 1.82) is 5.26 Å². The molecule has 0 bridgehead atoms. The van der Waals surface area contributed by atoms with Crippen LogP contribution < -0.4 is 10.5 Å². The van der Waals surface area contributed by atoms with E-state index in [4.69, 9.17) is 15.7 Å². The number of nitrogens with two attached hydrogens (primary N) is 1. The zero-order valence-electron chi connectivity index (χ0n) is 10.2. The summed E-state index contributed by atoms with van der Waals surface area (Å²) in [5.41, 5.74) is 6.04. The number of nitrogen functional groups attached to an aromatic ring is 1. The summed E-state index contributed by atoms with van der Waals surface area (Å²) in [5.74, 6) is -1.06. The van der Waals surface area contributed by atoms with Gasteiger partial charge in [-0.05, 0) is 28.1 Å². The molecule has 0 aromatic heterocycles. The third-order valence-electron chi connectivity index (χ3n) is 2.64. The molecule has 0 fully saturated rings. The molecule has 0 aliphatic carbocycles. The molecule has 0 aliphatic heterocycles. The Kier molecular flexibility index (Phi) is 4.20. The number of hydrogen-bond donors (Lipinski definition) is 1. The van der Waals surface area contributed by atoms with Gasteiger partial charge >= 0.3 is 0 Å². The van der Waals surface area contributed by atoms with E-state index in [1.165, 1.54) is 18.2 Å². The normalized spacial score (nSPS) is 10.1. The van der Waals surface area contributed by atoms with Crippen LogP contribution in [0.5, 0.6) is 5.75 Å². The highest BCUT2D eigenvalue weighted by Gasteiger charge is 2.11. The first kappa shape index (κ1) is 14.3. The van der Waals surface area contributed by atoms with Gasteiger partial charge in [-0.15, -0.1) is 0 Å². The van der Waals surface area contributed by atoms with E-state index < -0.39 is 11.6 Å². The molecule has 0 aliphatic rings. The molecule has 20 heavy (non-hydrogen) atoms. The Morgan fingerprint density at radius 2 is 2.05 bits per heavy atom. The summed E-state index contributed by atoms with van der Waals surface area (Å²) >= 11 is 3.00. The highest BCUT2D eigenvalue weighted by molar-refractivity contribution is 9.10. The van der Waals surface area contributed by atoms with Crippen molar-refractivity contribution in [3.05, 3.63) is 57.6 Å². The van der Waals surface area contributed by atoms with Gasteiger partial charge in [0, 0.05) is 11.6 Å². The Labute approximate surface area is 122 Å². The van der Waals surface area contributed by atoms with Crippen LogP contribution in [0, 0.1) is 23.0 Å².